The monoisotopic (exact) mass is 268 g/mol. The van der Waals surface area contributed by atoms with Crippen LogP contribution in [0.1, 0.15) is 42.2 Å². The van der Waals surface area contributed by atoms with Gasteiger partial charge in [-0.05, 0) is 12.1 Å². The first-order valence-corrected chi connectivity index (χ1v) is 5.80. The second-order valence-electron chi connectivity index (χ2n) is 4.39. The summed E-state index contributed by atoms with van der Waals surface area (Å²) in [5.41, 5.74) is -0.384. The van der Waals surface area contributed by atoms with E-state index >= 15 is 0 Å². The van der Waals surface area contributed by atoms with E-state index in [1.54, 1.807) is 12.1 Å². The van der Waals surface area contributed by atoms with Crippen LogP contribution in [-0.4, -0.2) is 27.7 Å². The number of fused-ring (bicyclic) bond motifs is 2. The summed E-state index contributed by atoms with van der Waals surface area (Å²) < 4.78 is 0. The van der Waals surface area contributed by atoms with E-state index in [0.717, 1.165) is 6.07 Å². The van der Waals surface area contributed by atoms with Crippen LogP contribution in [0.5, 0.6) is 5.75 Å². The fourth-order valence-electron chi connectivity index (χ4n) is 2.39. The first-order chi connectivity index (χ1) is 9.52. The van der Waals surface area contributed by atoms with Crippen molar-refractivity contribution in [1.82, 2.24) is 0 Å². The summed E-state index contributed by atoms with van der Waals surface area (Å²) in [5.74, 6) is -2.96. The summed E-state index contributed by atoms with van der Waals surface area (Å²) >= 11 is 0. The van der Waals surface area contributed by atoms with E-state index in [9.17, 15) is 19.5 Å². The highest BCUT2D eigenvalue weighted by Gasteiger charge is 2.34. The Morgan fingerprint density at radius 1 is 0.850 bits per heavy atom. The third kappa shape index (κ3) is 1.46. The van der Waals surface area contributed by atoms with E-state index in [2.05, 4.69) is 0 Å². The second-order valence-corrected chi connectivity index (χ2v) is 4.39. The third-order valence-corrected chi connectivity index (χ3v) is 3.29. The average molecular weight is 268 g/mol. The van der Waals surface area contributed by atoms with Crippen molar-refractivity contribution in [3.05, 3.63) is 64.2 Å². The maximum absolute atomic E-state index is 12.4. The lowest BCUT2D eigenvalue weighted by atomic mass is 9.81. The number of aromatic carboxylic acids is 1. The maximum Gasteiger partial charge on any atom is 0.340 e. The minimum absolute atomic E-state index is 0.00361. The lowest BCUT2D eigenvalue weighted by molar-refractivity contribution is 0.0689. The molecule has 5 nitrogen and oxygen atoms in total. The molecule has 0 unspecified atom stereocenters. The molecule has 0 atom stereocenters. The molecule has 0 aliphatic heterocycles. The van der Waals surface area contributed by atoms with Gasteiger partial charge in [0, 0.05) is 16.7 Å². The van der Waals surface area contributed by atoms with Crippen LogP contribution in [0.3, 0.4) is 0 Å². The maximum atomic E-state index is 12.4. The van der Waals surface area contributed by atoms with Crippen molar-refractivity contribution >= 4 is 17.5 Å². The molecule has 5 heteroatoms. The van der Waals surface area contributed by atoms with Crippen LogP contribution in [0.25, 0.3) is 0 Å². The van der Waals surface area contributed by atoms with Crippen LogP contribution in [0.15, 0.2) is 36.4 Å². The predicted molar refractivity (Wildman–Crippen MR) is 68.4 cm³/mol. The molecular formula is C15H8O5. The number of hydrogen-bond donors (Lipinski definition) is 2. The van der Waals surface area contributed by atoms with Gasteiger partial charge < -0.3 is 10.2 Å². The number of benzene rings is 2. The Bertz CT molecular complexity index is 789. The van der Waals surface area contributed by atoms with Gasteiger partial charge in [0.05, 0.1) is 5.56 Å². The zero-order valence-corrected chi connectivity index (χ0v) is 10.1. The summed E-state index contributed by atoms with van der Waals surface area (Å²) in [6.07, 6.45) is 0. The largest absolute Gasteiger partial charge is 0.507 e. The van der Waals surface area contributed by atoms with Crippen molar-refractivity contribution < 1.29 is 24.6 Å². The van der Waals surface area contributed by atoms with Crippen molar-refractivity contribution in [1.29, 1.82) is 0 Å². The van der Waals surface area contributed by atoms with Gasteiger partial charge in [-0.3, -0.25) is 9.59 Å². The Kier molecular flexibility index (Phi) is 2.44. The molecule has 1 aliphatic carbocycles. The molecule has 0 heterocycles. The van der Waals surface area contributed by atoms with Gasteiger partial charge in [0.2, 0.25) is 0 Å². The van der Waals surface area contributed by atoms with Gasteiger partial charge >= 0.3 is 5.97 Å². The summed E-state index contributed by atoms with van der Waals surface area (Å²) in [5, 5.41) is 18.8. The number of aromatic hydroxyl groups is 1. The van der Waals surface area contributed by atoms with Crippen LogP contribution in [0.2, 0.25) is 0 Å². The van der Waals surface area contributed by atoms with Gasteiger partial charge in [-0.15, -0.1) is 0 Å². The van der Waals surface area contributed by atoms with E-state index in [0.29, 0.717) is 0 Å². The van der Waals surface area contributed by atoms with Gasteiger partial charge in [0.25, 0.3) is 0 Å². The number of carboxylic acids is 1. The Balaban J connectivity index is 2.40. The summed E-state index contributed by atoms with van der Waals surface area (Å²) in [7, 11) is 0. The second kappa shape index (κ2) is 4.03. The highest BCUT2D eigenvalue weighted by atomic mass is 16.4. The molecule has 3 rings (SSSR count). The van der Waals surface area contributed by atoms with Gasteiger partial charge in [-0.1, -0.05) is 24.3 Å². The van der Waals surface area contributed by atoms with E-state index in [-0.39, 0.29) is 22.3 Å². The molecule has 0 saturated carbocycles. The van der Waals surface area contributed by atoms with Crippen LogP contribution in [0, 0.1) is 0 Å². The number of carboxylic acid groups (broad SMARTS) is 1. The minimum Gasteiger partial charge on any atom is -0.507 e. The molecule has 0 amide bonds. The smallest absolute Gasteiger partial charge is 0.340 e. The molecule has 0 bridgehead atoms. The molecule has 0 aromatic heterocycles. The first kappa shape index (κ1) is 12.1. The van der Waals surface area contributed by atoms with Crippen molar-refractivity contribution in [2.24, 2.45) is 0 Å². The van der Waals surface area contributed by atoms with Crippen molar-refractivity contribution in [2.45, 2.75) is 0 Å². The Morgan fingerprint density at radius 2 is 1.45 bits per heavy atom. The minimum atomic E-state index is -1.44. The number of carbonyl (C=O) groups is 3. The molecule has 2 aromatic carbocycles. The zero-order valence-electron chi connectivity index (χ0n) is 10.1. The van der Waals surface area contributed by atoms with Crippen molar-refractivity contribution in [2.75, 3.05) is 0 Å². The lowest BCUT2D eigenvalue weighted by Crippen LogP contribution is -2.23. The quantitative estimate of drug-likeness (QED) is 0.702. The number of rotatable bonds is 1. The molecule has 98 valence electrons. The van der Waals surface area contributed by atoms with Gasteiger partial charge in [0.1, 0.15) is 11.3 Å². The van der Waals surface area contributed by atoms with E-state index in [1.807, 2.05) is 0 Å². The normalized spacial score (nSPS) is 12.8. The number of ketones is 2. The van der Waals surface area contributed by atoms with Crippen molar-refractivity contribution in [3.63, 3.8) is 0 Å². The number of phenols is 1. The highest BCUT2D eigenvalue weighted by Crippen LogP contribution is 2.33. The van der Waals surface area contributed by atoms with Gasteiger partial charge in [-0.2, -0.15) is 0 Å². The topological polar surface area (TPSA) is 91.7 Å². The van der Waals surface area contributed by atoms with E-state index in [1.165, 1.54) is 18.2 Å². The Hall–Kier alpha value is -2.95. The van der Waals surface area contributed by atoms with Crippen LogP contribution < -0.4 is 0 Å². The number of hydrogen-bond acceptors (Lipinski definition) is 4. The fourth-order valence-corrected chi connectivity index (χ4v) is 2.39. The molecule has 2 N–H and O–H groups in total. The summed E-state index contributed by atoms with van der Waals surface area (Å²) in [4.78, 5) is 36.0. The molecule has 0 spiro atoms. The fraction of sp³-hybridized carbons (Fsp3) is 0. The first-order valence-electron chi connectivity index (χ1n) is 5.80. The average Bonchev–Trinajstić information content (AvgIpc) is 2.44. The van der Waals surface area contributed by atoms with E-state index in [4.69, 9.17) is 5.11 Å². The molecule has 2 aromatic rings. The molecule has 0 saturated heterocycles. The van der Waals surface area contributed by atoms with Crippen molar-refractivity contribution in [3.8, 4) is 5.75 Å². The molecule has 20 heavy (non-hydrogen) atoms. The Labute approximate surface area is 113 Å². The molecule has 0 radical (unpaired) electrons. The van der Waals surface area contributed by atoms with Crippen LogP contribution in [-0.2, 0) is 0 Å². The summed E-state index contributed by atoms with van der Waals surface area (Å²) in [6, 6.07) is 8.60. The standard InChI is InChI=1S/C15H8O5/c16-10-6-5-9-11(12(10)15(19)20)14(18)8-4-2-1-3-7(8)13(9)17/h1-6,16H,(H,19,20). The van der Waals surface area contributed by atoms with Crippen LogP contribution >= 0.6 is 0 Å². The zero-order chi connectivity index (χ0) is 14.4. The molecule has 0 fully saturated rings. The van der Waals surface area contributed by atoms with E-state index < -0.39 is 28.8 Å². The molecular weight excluding hydrogens is 260 g/mol. The third-order valence-electron chi connectivity index (χ3n) is 3.29. The van der Waals surface area contributed by atoms with Gasteiger partial charge in [-0.25, -0.2) is 4.79 Å². The SMILES string of the molecule is O=C1c2ccccc2C(=O)c2c1ccc(O)c2C(=O)O. The van der Waals surface area contributed by atoms with Gasteiger partial charge in [0.15, 0.2) is 11.6 Å². The van der Waals surface area contributed by atoms with Crippen LogP contribution in [0.4, 0.5) is 0 Å². The Morgan fingerprint density at radius 3 is 2.05 bits per heavy atom. The molecule has 1 aliphatic rings. The summed E-state index contributed by atoms with van der Waals surface area (Å²) in [6.45, 7) is 0. The lowest BCUT2D eigenvalue weighted by Gasteiger charge is -2.19. The number of carbonyl (C=O) groups excluding carboxylic acids is 2. The predicted octanol–water partition coefficient (Wildman–Crippen LogP) is 1.87. The highest BCUT2D eigenvalue weighted by molar-refractivity contribution is 6.30.